The highest BCUT2D eigenvalue weighted by molar-refractivity contribution is 5.90. The van der Waals surface area contributed by atoms with Gasteiger partial charge in [-0.1, -0.05) is 31.2 Å². The van der Waals surface area contributed by atoms with Crippen LogP contribution in [0.1, 0.15) is 13.3 Å². The van der Waals surface area contributed by atoms with E-state index in [9.17, 15) is 9.59 Å². The van der Waals surface area contributed by atoms with Crippen LogP contribution in [0.15, 0.2) is 78.9 Å². The van der Waals surface area contributed by atoms with E-state index < -0.39 is 5.97 Å². The lowest BCUT2D eigenvalue weighted by Gasteiger charge is -2.09. The van der Waals surface area contributed by atoms with Crippen molar-refractivity contribution in [1.82, 2.24) is 0 Å². The number of ether oxygens (including phenoxy) is 3. The second-order valence-electron chi connectivity index (χ2n) is 6.08. The molecule has 0 fully saturated rings. The number of amides is 1. The maximum absolute atomic E-state index is 12.0. The number of hydrogen-bond acceptors (Lipinski definition) is 5. The quantitative estimate of drug-likeness (QED) is 0.441. The zero-order valence-electron chi connectivity index (χ0n) is 16.0. The average molecular weight is 391 g/mol. The summed E-state index contributed by atoms with van der Waals surface area (Å²) >= 11 is 0. The molecule has 0 bridgehead atoms. The van der Waals surface area contributed by atoms with E-state index in [-0.39, 0.29) is 12.5 Å². The lowest BCUT2D eigenvalue weighted by molar-refractivity contribution is -0.136. The number of rotatable bonds is 8. The normalized spacial score (nSPS) is 10.1. The number of carbonyl (C=O) groups excluding carboxylic acids is 2. The van der Waals surface area contributed by atoms with E-state index in [1.807, 2.05) is 30.3 Å². The SMILES string of the molecule is CCC(=O)Nc1cccc(OCC(=O)Oc2ccc(Oc3ccccc3)cc2)c1. The molecule has 0 heterocycles. The Morgan fingerprint density at radius 2 is 1.45 bits per heavy atom. The highest BCUT2D eigenvalue weighted by Gasteiger charge is 2.08. The first-order chi connectivity index (χ1) is 14.1. The molecule has 0 unspecified atom stereocenters. The fourth-order valence-corrected chi connectivity index (χ4v) is 2.42. The monoisotopic (exact) mass is 391 g/mol. The molecule has 148 valence electrons. The molecule has 0 saturated carbocycles. The minimum Gasteiger partial charge on any atom is -0.482 e. The Morgan fingerprint density at radius 3 is 2.17 bits per heavy atom. The number of carbonyl (C=O) groups is 2. The minimum atomic E-state index is -0.537. The predicted molar refractivity (Wildman–Crippen MR) is 109 cm³/mol. The van der Waals surface area contributed by atoms with Gasteiger partial charge >= 0.3 is 5.97 Å². The molecular formula is C23H21NO5. The molecule has 0 aliphatic rings. The van der Waals surface area contributed by atoms with Crippen LogP contribution in [0.2, 0.25) is 0 Å². The molecule has 0 radical (unpaired) electrons. The van der Waals surface area contributed by atoms with E-state index >= 15 is 0 Å². The van der Waals surface area contributed by atoms with E-state index in [2.05, 4.69) is 5.32 Å². The van der Waals surface area contributed by atoms with Crippen LogP contribution in [-0.4, -0.2) is 18.5 Å². The number of esters is 1. The molecule has 6 nitrogen and oxygen atoms in total. The van der Waals surface area contributed by atoms with Gasteiger partial charge < -0.3 is 19.5 Å². The molecule has 3 rings (SSSR count). The smallest absolute Gasteiger partial charge is 0.349 e. The molecule has 0 saturated heterocycles. The summed E-state index contributed by atoms with van der Waals surface area (Å²) in [6.07, 6.45) is 0.382. The van der Waals surface area contributed by atoms with E-state index in [1.165, 1.54) is 0 Å². The molecule has 3 aromatic carbocycles. The first kappa shape index (κ1) is 19.9. The lowest BCUT2D eigenvalue weighted by Crippen LogP contribution is -2.17. The summed E-state index contributed by atoms with van der Waals surface area (Å²) in [4.78, 5) is 23.5. The van der Waals surface area contributed by atoms with Crippen LogP contribution in [0.25, 0.3) is 0 Å². The van der Waals surface area contributed by atoms with Crippen molar-refractivity contribution in [3.63, 3.8) is 0 Å². The van der Waals surface area contributed by atoms with Gasteiger partial charge in [0, 0.05) is 18.2 Å². The van der Waals surface area contributed by atoms with Crippen LogP contribution < -0.4 is 19.5 Å². The van der Waals surface area contributed by atoms with Crippen molar-refractivity contribution < 1.29 is 23.8 Å². The van der Waals surface area contributed by atoms with Crippen molar-refractivity contribution in [3.8, 4) is 23.0 Å². The molecule has 1 N–H and O–H groups in total. The highest BCUT2D eigenvalue weighted by atomic mass is 16.6. The lowest BCUT2D eigenvalue weighted by atomic mass is 10.3. The number of hydrogen-bond donors (Lipinski definition) is 1. The summed E-state index contributed by atoms with van der Waals surface area (Å²) in [7, 11) is 0. The zero-order valence-corrected chi connectivity index (χ0v) is 16.0. The van der Waals surface area contributed by atoms with Crippen LogP contribution in [0.4, 0.5) is 5.69 Å². The number of nitrogens with one attached hydrogen (secondary N) is 1. The third kappa shape index (κ3) is 6.39. The van der Waals surface area contributed by atoms with Gasteiger partial charge in [-0.3, -0.25) is 4.79 Å². The zero-order chi connectivity index (χ0) is 20.5. The molecule has 3 aromatic rings. The van der Waals surface area contributed by atoms with Gasteiger partial charge in [-0.05, 0) is 48.5 Å². The van der Waals surface area contributed by atoms with Crippen molar-refractivity contribution in [1.29, 1.82) is 0 Å². The summed E-state index contributed by atoms with van der Waals surface area (Å²) in [6.45, 7) is 1.51. The Morgan fingerprint density at radius 1 is 0.793 bits per heavy atom. The summed E-state index contributed by atoms with van der Waals surface area (Å²) in [6, 6.07) is 23.0. The summed E-state index contributed by atoms with van der Waals surface area (Å²) in [5, 5.41) is 2.74. The van der Waals surface area contributed by atoms with Crippen molar-refractivity contribution in [2.75, 3.05) is 11.9 Å². The second-order valence-corrected chi connectivity index (χ2v) is 6.08. The summed E-state index contributed by atoms with van der Waals surface area (Å²) in [5.41, 5.74) is 0.608. The number of para-hydroxylation sites is 1. The van der Waals surface area contributed by atoms with Gasteiger partial charge in [0.2, 0.25) is 5.91 Å². The molecule has 0 aromatic heterocycles. The van der Waals surface area contributed by atoms with Crippen molar-refractivity contribution in [2.24, 2.45) is 0 Å². The van der Waals surface area contributed by atoms with Crippen molar-refractivity contribution in [3.05, 3.63) is 78.9 Å². The topological polar surface area (TPSA) is 73.9 Å². The molecule has 0 aliphatic carbocycles. The molecule has 0 spiro atoms. The first-order valence-corrected chi connectivity index (χ1v) is 9.19. The molecule has 29 heavy (non-hydrogen) atoms. The van der Waals surface area contributed by atoms with Gasteiger partial charge in [-0.25, -0.2) is 4.79 Å². The van der Waals surface area contributed by atoms with E-state index in [1.54, 1.807) is 55.5 Å². The van der Waals surface area contributed by atoms with Crippen LogP contribution in [-0.2, 0) is 9.59 Å². The van der Waals surface area contributed by atoms with E-state index in [0.717, 1.165) is 5.75 Å². The van der Waals surface area contributed by atoms with Crippen LogP contribution >= 0.6 is 0 Å². The fourth-order valence-electron chi connectivity index (χ4n) is 2.42. The van der Waals surface area contributed by atoms with Crippen molar-refractivity contribution in [2.45, 2.75) is 13.3 Å². The van der Waals surface area contributed by atoms with Crippen molar-refractivity contribution >= 4 is 17.6 Å². The maximum atomic E-state index is 12.0. The Kier molecular flexibility index (Phi) is 6.84. The third-order valence-electron chi connectivity index (χ3n) is 3.83. The van der Waals surface area contributed by atoms with Gasteiger partial charge in [0.15, 0.2) is 6.61 Å². The summed E-state index contributed by atoms with van der Waals surface area (Å²) < 4.78 is 16.4. The van der Waals surface area contributed by atoms with Gasteiger partial charge in [0.1, 0.15) is 23.0 Å². The van der Waals surface area contributed by atoms with E-state index in [4.69, 9.17) is 14.2 Å². The molecule has 0 atom stereocenters. The standard InChI is InChI=1S/C23H21NO5/c1-2-22(25)24-17-7-6-10-21(15-17)27-16-23(26)29-20-13-11-19(12-14-20)28-18-8-4-3-5-9-18/h3-15H,2,16H2,1H3,(H,24,25). The molecular weight excluding hydrogens is 370 g/mol. The largest absolute Gasteiger partial charge is 0.482 e. The Hall–Kier alpha value is -3.80. The predicted octanol–water partition coefficient (Wildman–Crippen LogP) is 4.81. The van der Waals surface area contributed by atoms with Gasteiger partial charge in [0.25, 0.3) is 0 Å². The number of anilines is 1. The Balaban J connectivity index is 1.49. The maximum Gasteiger partial charge on any atom is 0.349 e. The molecule has 0 aliphatic heterocycles. The molecule has 6 heteroatoms. The highest BCUT2D eigenvalue weighted by Crippen LogP contribution is 2.23. The van der Waals surface area contributed by atoms with Crippen LogP contribution in [0, 0.1) is 0 Å². The first-order valence-electron chi connectivity index (χ1n) is 9.19. The Bertz CT molecular complexity index is 955. The average Bonchev–Trinajstić information content (AvgIpc) is 2.74. The van der Waals surface area contributed by atoms with Gasteiger partial charge in [0.05, 0.1) is 0 Å². The summed E-state index contributed by atoms with van der Waals surface area (Å²) in [5.74, 6) is 1.58. The van der Waals surface area contributed by atoms with Gasteiger partial charge in [-0.15, -0.1) is 0 Å². The minimum absolute atomic E-state index is 0.0961. The Labute approximate surface area is 169 Å². The van der Waals surface area contributed by atoms with Gasteiger partial charge in [-0.2, -0.15) is 0 Å². The molecule has 1 amide bonds. The van der Waals surface area contributed by atoms with Crippen LogP contribution in [0.3, 0.4) is 0 Å². The van der Waals surface area contributed by atoms with Crippen LogP contribution in [0.5, 0.6) is 23.0 Å². The van der Waals surface area contributed by atoms with E-state index in [0.29, 0.717) is 29.4 Å². The third-order valence-corrected chi connectivity index (χ3v) is 3.83. The number of benzene rings is 3. The fraction of sp³-hybridized carbons (Fsp3) is 0.130. The second kappa shape index (κ2) is 9.94.